The molecule has 0 bridgehead atoms. The van der Waals surface area contributed by atoms with Crippen molar-refractivity contribution in [3.05, 3.63) is 66.2 Å². The predicted octanol–water partition coefficient (Wildman–Crippen LogP) is 2.65. The molecule has 1 aromatic carbocycles. The second kappa shape index (κ2) is 5.86. The van der Waals surface area contributed by atoms with Gasteiger partial charge in [-0.15, -0.1) is 0 Å². The fourth-order valence-corrected chi connectivity index (χ4v) is 2.24. The molecule has 1 atom stereocenters. The summed E-state index contributed by atoms with van der Waals surface area (Å²) in [5, 5.41) is 14.3. The van der Waals surface area contributed by atoms with Gasteiger partial charge < -0.3 is 14.8 Å². The molecule has 0 saturated carbocycles. The summed E-state index contributed by atoms with van der Waals surface area (Å²) in [5.41, 5.74) is 2.12. The second-order valence-corrected chi connectivity index (χ2v) is 4.65. The molecule has 1 unspecified atom stereocenters. The van der Waals surface area contributed by atoms with E-state index in [9.17, 15) is 5.11 Å². The van der Waals surface area contributed by atoms with E-state index in [1.807, 2.05) is 30.3 Å². The van der Waals surface area contributed by atoms with E-state index in [0.29, 0.717) is 18.8 Å². The number of rotatable bonds is 5. The summed E-state index contributed by atoms with van der Waals surface area (Å²) in [6.07, 6.45) is 2.73. The van der Waals surface area contributed by atoms with E-state index in [0.717, 1.165) is 16.5 Å². The van der Waals surface area contributed by atoms with Crippen molar-refractivity contribution in [1.82, 2.24) is 10.3 Å². The fourth-order valence-electron chi connectivity index (χ4n) is 2.24. The van der Waals surface area contributed by atoms with Gasteiger partial charge in [0.15, 0.2) is 0 Å². The van der Waals surface area contributed by atoms with Crippen LogP contribution in [0.5, 0.6) is 0 Å². The molecule has 4 nitrogen and oxygen atoms in total. The van der Waals surface area contributed by atoms with Crippen LogP contribution >= 0.6 is 0 Å². The van der Waals surface area contributed by atoms with Crippen molar-refractivity contribution >= 4 is 10.9 Å². The Morgan fingerprint density at radius 3 is 2.90 bits per heavy atom. The Kier molecular flexibility index (Phi) is 3.76. The molecule has 2 heterocycles. The van der Waals surface area contributed by atoms with Gasteiger partial charge in [-0.25, -0.2) is 0 Å². The molecule has 2 aromatic heterocycles. The van der Waals surface area contributed by atoms with Gasteiger partial charge in [-0.05, 0) is 23.8 Å². The highest BCUT2D eigenvalue weighted by Crippen LogP contribution is 2.16. The minimum absolute atomic E-state index is 0.441. The van der Waals surface area contributed by atoms with E-state index in [1.165, 1.54) is 0 Å². The molecule has 0 saturated heterocycles. The molecule has 4 heteroatoms. The number of furan rings is 1. The van der Waals surface area contributed by atoms with Gasteiger partial charge >= 0.3 is 0 Å². The number of aromatic nitrogens is 1. The van der Waals surface area contributed by atoms with Crippen molar-refractivity contribution in [2.24, 2.45) is 0 Å². The Balaban J connectivity index is 1.66. The van der Waals surface area contributed by atoms with Crippen LogP contribution in [0, 0.1) is 0 Å². The van der Waals surface area contributed by atoms with Crippen molar-refractivity contribution in [2.75, 3.05) is 6.54 Å². The molecule has 2 N–H and O–H groups in total. The van der Waals surface area contributed by atoms with Gasteiger partial charge in [0.05, 0.1) is 11.8 Å². The molecule has 102 valence electrons. The Hall–Kier alpha value is -2.17. The Bertz CT molecular complexity index is 675. The molecular formula is C16H16N2O2. The first-order chi connectivity index (χ1) is 9.84. The summed E-state index contributed by atoms with van der Waals surface area (Å²) < 4.78 is 5.17. The molecule has 0 fully saturated rings. The highest BCUT2D eigenvalue weighted by molar-refractivity contribution is 5.81. The third-order valence-corrected chi connectivity index (χ3v) is 3.24. The van der Waals surface area contributed by atoms with E-state index >= 15 is 0 Å². The van der Waals surface area contributed by atoms with Crippen molar-refractivity contribution in [3.8, 4) is 0 Å². The summed E-state index contributed by atoms with van der Waals surface area (Å²) in [6.45, 7) is 1.10. The fraction of sp³-hybridized carbons (Fsp3) is 0.188. The molecule has 0 aliphatic heterocycles. The first-order valence-electron chi connectivity index (χ1n) is 6.59. The predicted molar refractivity (Wildman–Crippen MR) is 77.1 cm³/mol. The molecular weight excluding hydrogens is 252 g/mol. The minimum atomic E-state index is -0.632. The molecule has 0 aliphatic rings. The second-order valence-electron chi connectivity index (χ2n) is 4.65. The van der Waals surface area contributed by atoms with Crippen LogP contribution in [0.4, 0.5) is 0 Å². The highest BCUT2D eigenvalue weighted by atomic mass is 16.4. The van der Waals surface area contributed by atoms with Gasteiger partial charge in [-0.2, -0.15) is 0 Å². The van der Waals surface area contributed by atoms with E-state index in [1.54, 1.807) is 24.6 Å². The highest BCUT2D eigenvalue weighted by Gasteiger charge is 2.09. The monoisotopic (exact) mass is 268 g/mol. The van der Waals surface area contributed by atoms with Crippen LogP contribution < -0.4 is 5.32 Å². The number of hydrogen-bond acceptors (Lipinski definition) is 4. The maximum Gasteiger partial charge on any atom is 0.133 e. The van der Waals surface area contributed by atoms with Crippen LogP contribution in [0.3, 0.4) is 0 Å². The van der Waals surface area contributed by atoms with Crippen LogP contribution in [-0.2, 0) is 6.54 Å². The van der Waals surface area contributed by atoms with Crippen molar-refractivity contribution in [2.45, 2.75) is 12.6 Å². The molecule has 3 rings (SSSR count). The van der Waals surface area contributed by atoms with E-state index < -0.39 is 6.10 Å². The summed E-state index contributed by atoms with van der Waals surface area (Å²) in [5.74, 6) is 0.577. The van der Waals surface area contributed by atoms with Crippen molar-refractivity contribution in [1.29, 1.82) is 0 Å². The standard InChI is InChI=1S/C16H16N2O2/c19-14(15-7-3-9-20-15)11-17-10-13-5-1-4-12-6-2-8-18-16(12)13/h1-9,14,17,19H,10-11H2. The third-order valence-electron chi connectivity index (χ3n) is 3.24. The number of nitrogens with zero attached hydrogens (tertiary/aromatic N) is 1. The number of aliphatic hydroxyl groups excluding tert-OH is 1. The van der Waals surface area contributed by atoms with Gasteiger partial charge in [-0.3, -0.25) is 4.98 Å². The summed E-state index contributed by atoms with van der Waals surface area (Å²) in [6, 6.07) is 13.6. The first kappa shape index (κ1) is 12.8. The first-order valence-corrected chi connectivity index (χ1v) is 6.59. The van der Waals surface area contributed by atoms with Crippen LogP contribution in [0.2, 0.25) is 0 Å². The molecule has 0 amide bonds. The SMILES string of the molecule is OC(CNCc1cccc2cccnc12)c1ccco1. The molecule has 0 radical (unpaired) electrons. The van der Waals surface area contributed by atoms with Crippen LogP contribution in [-0.4, -0.2) is 16.6 Å². The lowest BCUT2D eigenvalue weighted by Crippen LogP contribution is -2.21. The molecule has 20 heavy (non-hydrogen) atoms. The van der Waals surface area contributed by atoms with Crippen molar-refractivity contribution < 1.29 is 9.52 Å². The Morgan fingerprint density at radius 1 is 1.15 bits per heavy atom. The largest absolute Gasteiger partial charge is 0.467 e. The summed E-state index contributed by atoms with van der Waals surface area (Å²) in [7, 11) is 0. The number of hydrogen-bond donors (Lipinski definition) is 2. The van der Waals surface area contributed by atoms with Crippen LogP contribution in [0.1, 0.15) is 17.4 Å². The maximum absolute atomic E-state index is 9.93. The summed E-state index contributed by atoms with van der Waals surface area (Å²) >= 11 is 0. The van der Waals surface area contributed by atoms with Crippen LogP contribution in [0.25, 0.3) is 10.9 Å². The van der Waals surface area contributed by atoms with Gasteiger partial charge in [0.1, 0.15) is 11.9 Å². The Labute approximate surface area is 117 Å². The number of para-hydroxylation sites is 1. The molecule has 0 spiro atoms. The van der Waals surface area contributed by atoms with Gasteiger partial charge in [-0.1, -0.05) is 24.3 Å². The number of pyridine rings is 1. The zero-order valence-electron chi connectivity index (χ0n) is 11.0. The third kappa shape index (κ3) is 2.71. The van der Waals surface area contributed by atoms with E-state index in [4.69, 9.17) is 4.42 Å². The van der Waals surface area contributed by atoms with Gasteiger partial charge in [0.2, 0.25) is 0 Å². The van der Waals surface area contributed by atoms with E-state index in [2.05, 4.69) is 10.3 Å². The van der Waals surface area contributed by atoms with Crippen LogP contribution in [0.15, 0.2) is 59.3 Å². The number of aliphatic hydroxyl groups is 1. The van der Waals surface area contributed by atoms with Crippen molar-refractivity contribution in [3.63, 3.8) is 0 Å². The van der Waals surface area contributed by atoms with Gasteiger partial charge in [0, 0.05) is 24.7 Å². The number of fused-ring (bicyclic) bond motifs is 1. The maximum atomic E-state index is 9.93. The van der Waals surface area contributed by atoms with Gasteiger partial charge in [0.25, 0.3) is 0 Å². The normalized spacial score (nSPS) is 12.7. The van der Waals surface area contributed by atoms with E-state index in [-0.39, 0.29) is 0 Å². The number of nitrogens with one attached hydrogen (secondary N) is 1. The smallest absolute Gasteiger partial charge is 0.133 e. The lowest BCUT2D eigenvalue weighted by Gasteiger charge is -2.10. The minimum Gasteiger partial charge on any atom is -0.467 e. The average molecular weight is 268 g/mol. The zero-order valence-corrected chi connectivity index (χ0v) is 11.0. The zero-order chi connectivity index (χ0) is 13.8. The molecule has 0 aliphatic carbocycles. The molecule has 3 aromatic rings. The lowest BCUT2D eigenvalue weighted by molar-refractivity contribution is 0.147. The quantitative estimate of drug-likeness (QED) is 0.747. The number of benzene rings is 1. The average Bonchev–Trinajstić information content (AvgIpc) is 3.02. The topological polar surface area (TPSA) is 58.3 Å². The Morgan fingerprint density at radius 2 is 2.05 bits per heavy atom. The lowest BCUT2D eigenvalue weighted by atomic mass is 10.1. The summed E-state index contributed by atoms with van der Waals surface area (Å²) in [4.78, 5) is 4.41.